The van der Waals surface area contributed by atoms with Gasteiger partial charge >= 0.3 is 0 Å². The topological polar surface area (TPSA) is 86.8 Å². The summed E-state index contributed by atoms with van der Waals surface area (Å²) in [6, 6.07) is 24.7. The second-order valence-electron chi connectivity index (χ2n) is 11.7. The maximum atomic E-state index is 14.2. The van der Waals surface area contributed by atoms with Crippen LogP contribution in [0.4, 0.5) is 5.69 Å². The fraction of sp³-hybridized carbons (Fsp3) is 0.429. The van der Waals surface area contributed by atoms with Crippen molar-refractivity contribution in [3.8, 4) is 0 Å². The van der Waals surface area contributed by atoms with E-state index in [4.69, 9.17) is 0 Å². The quantitative estimate of drug-likeness (QED) is 0.248. The summed E-state index contributed by atoms with van der Waals surface area (Å²) in [7, 11) is -4.07. The van der Waals surface area contributed by atoms with E-state index in [-0.39, 0.29) is 22.8 Å². The summed E-state index contributed by atoms with van der Waals surface area (Å²) in [6.45, 7) is 5.93. The number of sulfonamides is 1. The number of hydrogen-bond donors (Lipinski definition) is 1. The summed E-state index contributed by atoms with van der Waals surface area (Å²) < 4.78 is 29.2. The standard InChI is InChI=1S/C35H45N3O4S/c1-4-33(35(40)36-30-16-10-6-11-17-30)37(25-24-28-14-8-5-9-15-28)34(39)26-38(31-22-20-29(21-23-31)27(2)3)43(41,42)32-18-12-7-13-19-32/h5,7-9,12-15,18-23,27,30,33H,4,6,10-11,16-17,24-26H2,1-3H3,(H,36,40). The van der Waals surface area contributed by atoms with Crippen LogP contribution in [-0.4, -0.2) is 50.3 Å². The van der Waals surface area contributed by atoms with Gasteiger partial charge in [-0.05, 0) is 67.0 Å². The molecule has 0 aliphatic heterocycles. The molecule has 0 heterocycles. The highest BCUT2D eigenvalue weighted by Gasteiger charge is 2.34. The molecule has 230 valence electrons. The average Bonchev–Trinajstić information content (AvgIpc) is 3.03. The second kappa shape index (κ2) is 15.2. The third-order valence-corrected chi connectivity index (χ3v) is 10.1. The van der Waals surface area contributed by atoms with Crippen molar-refractivity contribution in [1.29, 1.82) is 0 Å². The molecule has 8 heteroatoms. The van der Waals surface area contributed by atoms with Gasteiger partial charge in [0.2, 0.25) is 11.8 Å². The average molecular weight is 604 g/mol. The zero-order valence-corrected chi connectivity index (χ0v) is 26.4. The number of carbonyl (C=O) groups excluding carboxylic acids is 2. The Hall–Kier alpha value is -3.65. The Bertz CT molecular complexity index is 1420. The lowest BCUT2D eigenvalue weighted by Crippen LogP contribution is -2.54. The molecule has 0 radical (unpaired) electrons. The van der Waals surface area contributed by atoms with Crippen molar-refractivity contribution in [3.05, 3.63) is 96.1 Å². The van der Waals surface area contributed by atoms with Gasteiger partial charge in [-0.15, -0.1) is 0 Å². The third-order valence-electron chi connectivity index (χ3n) is 8.28. The van der Waals surface area contributed by atoms with E-state index in [1.807, 2.05) is 49.4 Å². The van der Waals surface area contributed by atoms with Gasteiger partial charge in [-0.3, -0.25) is 13.9 Å². The lowest BCUT2D eigenvalue weighted by Gasteiger charge is -2.34. The number of amides is 2. The number of hydrogen-bond acceptors (Lipinski definition) is 4. The summed E-state index contributed by atoms with van der Waals surface area (Å²) in [6.07, 6.45) is 6.20. The van der Waals surface area contributed by atoms with Gasteiger partial charge in [0.1, 0.15) is 12.6 Å². The SMILES string of the molecule is CCC(C(=O)NC1CCCCC1)N(CCc1ccccc1)C(=O)CN(c1ccc(C(C)C)cc1)S(=O)(=O)c1ccccc1. The minimum absolute atomic E-state index is 0.105. The molecule has 1 N–H and O–H groups in total. The van der Waals surface area contributed by atoms with Crippen LogP contribution in [0.5, 0.6) is 0 Å². The number of rotatable bonds is 13. The van der Waals surface area contributed by atoms with Gasteiger partial charge in [0, 0.05) is 12.6 Å². The van der Waals surface area contributed by atoms with Crippen molar-refractivity contribution in [2.45, 2.75) is 88.6 Å². The van der Waals surface area contributed by atoms with Crippen LogP contribution in [0, 0.1) is 0 Å². The van der Waals surface area contributed by atoms with Gasteiger partial charge in [-0.1, -0.05) is 101 Å². The lowest BCUT2D eigenvalue weighted by molar-refractivity contribution is -0.140. The molecule has 0 spiro atoms. The summed E-state index contributed by atoms with van der Waals surface area (Å²) in [5.74, 6) is -0.306. The van der Waals surface area contributed by atoms with Gasteiger partial charge in [0.05, 0.1) is 10.6 Å². The lowest BCUT2D eigenvalue weighted by atomic mass is 9.95. The molecule has 4 rings (SSSR count). The first-order valence-corrected chi connectivity index (χ1v) is 17.0. The van der Waals surface area contributed by atoms with Gasteiger partial charge in [0.15, 0.2) is 0 Å². The predicted octanol–water partition coefficient (Wildman–Crippen LogP) is 6.30. The zero-order valence-electron chi connectivity index (χ0n) is 25.6. The fourth-order valence-corrected chi connectivity index (χ4v) is 7.15. The number of anilines is 1. The first kappa shape index (κ1) is 32.3. The Morgan fingerprint density at radius 1 is 0.860 bits per heavy atom. The monoisotopic (exact) mass is 603 g/mol. The van der Waals surface area contributed by atoms with Crippen LogP contribution < -0.4 is 9.62 Å². The molecule has 1 saturated carbocycles. The zero-order chi connectivity index (χ0) is 30.8. The molecule has 43 heavy (non-hydrogen) atoms. The van der Waals surface area contributed by atoms with E-state index in [9.17, 15) is 18.0 Å². The van der Waals surface area contributed by atoms with E-state index in [2.05, 4.69) is 19.2 Å². The highest BCUT2D eigenvalue weighted by molar-refractivity contribution is 7.92. The van der Waals surface area contributed by atoms with E-state index in [1.54, 1.807) is 35.2 Å². The smallest absolute Gasteiger partial charge is 0.264 e. The van der Waals surface area contributed by atoms with Crippen LogP contribution in [-0.2, 0) is 26.0 Å². The third kappa shape index (κ3) is 8.47. The molecule has 1 unspecified atom stereocenters. The number of benzene rings is 3. The van der Waals surface area contributed by atoms with Crippen molar-refractivity contribution in [3.63, 3.8) is 0 Å². The molecule has 1 fully saturated rings. The Balaban J connectivity index is 1.66. The Morgan fingerprint density at radius 3 is 2.05 bits per heavy atom. The first-order chi connectivity index (χ1) is 20.7. The van der Waals surface area contributed by atoms with E-state index >= 15 is 0 Å². The Labute approximate surface area is 257 Å². The number of carbonyl (C=O) groups is 2. The van der Waals surface area contributed by atoms with E-state index in [0.717, 1.165) is 36.8 Å². The Morgan fingerprint density at radius 2 is 1.47 bits per heavy atom. The van der Waals surface area contributed by atoms with Crippen molar-refractivity contribution in [2.24, 2.45) is 0 Å². The maximum absolute atomic E-state index is 14.2. The first-order valence-electron chi connectivity index (χ1n) is 15.5. The molecule has 1 atom stereocenters. The largest absolute Gasteiger partial charge is 0.352 e. The van der Waals surface area contributed by atoms with Gasteiger partial charge in [0.25, 0.3) is 10.0 Å². The highest BCUT2D eigenvalue weighted by Crippen LogP contribution is 2.27. The van der Waals surface area contributed by atoms with Crippen LogP contribution in [0.1, 0.15) is 76.3 Å². The van der Waals surface area contributed by atoms with Crippen LogP contribution >= 0.6 is 0 Å². The summed E-state index contributed by atoms with van der Waals surface area (Å²) in [5.41, 5.74) is 2.52. The van der Waals surface area contributed by atoms with E-state index in [1.165, 1.54) is 22.9 Å². The Kier molecular flexibility index (Phi) is 11.4. The van der Waals surface area contributed by atoms with Gasteiger partial charge in [-0.2, -0.15) is 0 Å². The van der Waals surface area contributed by atoms with Gasteiger partial charge in [-0.25, -0.2) is 8.42 Å². The number of nitrogens with one attached hydrogen (secondary N) is 1. The number of nitrogens with zero attached hydrogens (tertiary/aromatic N) is 2. The highest BCUT2D eigenvalue weighted by atomic mass is 32.2. The van der Waals surface area contributed by atoms with Crippen molar-refractivity contribution < 1.29 is 18.0 Å². The summed E-state index contributed by atoms with van der Waals surface area (Å²) in [4.78, 5) is 29.6. The maximum Gasteiger partial charge on any atom is 0.264 e. The van der Waals surface area contributed by atoms with Crippen molar-refractivity contribution in [2.75, 3.05) is 17.4 Å². The molecule has 0 saturated heterocycles. The fourth-order valence-electron chi connectivity index (χ4n) is 5.71. The summed E-state index contributed by atoms with van der Waals surface area (Å²) >= 11 is 0. The molecule has 0 bridgehead atoms. The molecule has 3 aromatic carbocycles. The molecule has 0 aromatic heterocycles. The molecule has 7 nitrogen and oxygen atoms in total. The van der Waals surface area contributed by atoms with Crippen molar-refractivity contribution >= 4 is 27.5 Å². The molecule has 1 aliphatic carbocycles. The normalized spacial score (nSPS) is 14.7. The van der Waals surface area contributed by atoms with E-state index < -0.39 is 28.5 Å². The van der Waals surface area contributed by atoms with Crippen LogP contribution in [0.3, 0.4) is 0 Å². The second-order valence-corrected chi connectivity index (χ2v) is 13.5. The predicted molar refractivity (Wildman–Crippen MR) is 172 cm³/mol. The van der Waals surface area contributed by atoms with Crippen LogP contribution in [0.2, 0.25) is 0 Å². The van der Waals surface area contributed by atoms with E-state index in [0.29, 0.717) is 25.1 Å². The minimum Gasteiger partial charge on any atom is -0.352 e. The molecule has 2 amide bonds. The van der Waals surface area contributed by atoms with Gasteiger partial charge < -0.3 is 10.2 Å². The molecular formula is C35H45N3O4S. The van der Waals surface area contributed by atoms with Crippen molar-refractivity contribution in [1.82, 2.24) is 10.2 Å². The molecular weight excluding hydrogens is 558 g/mol. The van der Waals surface area contributed by atoms with Crippen LogP contribution in [0.25, 0.3) is 0 Å². The molecule has 1 aliphatic rings. The minimum atomic E-state index is -4.07. The summed E-state index contributed by atoms with van der Waals surface area (Å²) in [5, 5.41) is 3.20. The van der Waals surface area contributed by atoms with Crippen LogP contribution in [0.15, 0.2) is 89.8 Å². The molecule has 3 aromatic rings.